The number of benzene rings is 1. The van der Waals surface area contributed by atoms with Crippen molar-refractivity contribution in [2.45, 2.75) is 54.8 Å². The third kappa shape index (κ3) is 3.29. The maximum Gasteiger partial charge on any atom is 0.255 e. The molecular weight excluding hydrogens is 330 g/mol. The number of thioether (sulfide) groups is 1. The van der Waals surface area contributed by atoms with E-state index in [1.807, 2.05) is 29.2 Å². The zero-order valence-corrected chi connectivity index (χ0v) is 15.2. The summed E-state index contributed by atoms with van der Waals surface area (Å²) in [6.45, 7) is 2.08. The first-order valence-corrected chi connectivity index (χ1v) is 11.1. The van der Waals surface area contributed by atoms with Crippen molar-refractivity contribution in [1.29, 1.82) is 0 Å². The monoisotopic (exact) mass is 353 g/mol. The number of fused-ring (bicyclic) bond motifs is 2. The van der Waals surface area contributed by atoms with Crippen LogP contribution in [0.2, 0.25) is 0 Å². The number of nitrogens with zero attached hydrogens (tertiary/aromatic N) is 1. The van der Waals surface area contributed by atoms with Crippen LogP contribution in [0.15, 0.2) is 29.2 Å². The quantitative estimate of drug-likeness (QED) is 0.781. The number of sulfone groups is 1. The van der Waals surface area contributed by atoms with Crippen LogP contribution in [-0.4, -0.2) is 48.6 Å². The van der Waals surface area contributed by atoms with Crippen molar-refractivity contribution in [3.8, 4) is 0 Å². The van der Waals surface area contributed by atoms with Crippen LogP contribution in [0.1, 0.15) is 43.0 Å². The molecule has 1 aromatic carbocycles. The van der Waals surface area contributed by atoms with Gasteiger partial charge < -0.3 is 4.90 Å². The van der Waals surface area contributed by atoms with E-state index in [9.17, 15) is 13.2 Å². The highest BCUT2D eigenvalue weighted by Crippen LogP contribution is 2.39. The molecule has 2 atom stereocenters. The Labute approximate surface area is 142 Å². The van der Waals surface area contributed by atoms with E-state index >= 15 is 0 Å². The van der Waals surface area contributed by atoms with E-state index < -0.39 is 9.84 Å². The second kappa shape index (κ2) is 6.48. The van der Waals surface area contributed by atoms with Gasteiger partial charge in [-0.05, 0) is 43.6 Å². The molecule has 0 N–H and O–H groups in total. The van der Waals surface area contributed by atoms with Crippen molar-refractivity contribution in [2.75, 3.05) is 12.0 Å². The van der Waals surface area contributed by atoms with Crippen molar-refractivity contribution in [3.05, 3.63) is 29.8 Å². The van der Waals surface area contributed by atoms with Gasteiger partial charge in [0.2, 0.25) is 0 Å². The molecular formula is C17H23NO3S2. The van der Waals surface area contributed by atoms with E-state index in [4.69, 9.17) is 0 Å². The highest BCUT2D eigenvalue weighted by molar-refractivity contribution is 7.99. The van der Waals surface area contributed by atoms with E-state index in [1.165, 1.54) is 6.26 Å². The molecule has 23 heavy (non-hydrogen) atoms. The molecule has 0 radical (unpaired) electrons. The maximum absolute atomic E-state index is 13.1. The van der Waals surface area contributed by atoms with E-state index in [1.54, 1.807) is 11.8 Å². The summed E-state index contributed by atoms with van der Waals surface area (Å²) in [7, 11) is -3.02. The van der Waals surface area contributed by atoms with Crippen molar-refractivity contribution in [3.63, 3.8) is 0 Å². The Balaban J connectivity index is 1.85. The molecule has 4 nitrogen and oxygen atoms in total. The number of hydrogen-bond donors (Lipinski definition) is 0. The van der Waals surface area contributed by atoms with Crippen molar-refractivity contribution in [1.82, 2.24) is 4.90 Å². The average Bonchev–Trinajstić information content (AvgIpc) is 2.76. The van der Waals surface area contributed by atoms with Crippen LogP contribution in [0, 0.1) is 0 Å². The molecule has 2 unspecified atom stereocenters. The van der Waals surface area contributed by atoms with Crippen LogP contribution >= 0.6 is 11.8 Å². The van der Waals surface area contributed by atoms with Gasteiger partial charge in [-0.2, -0.15) is 0 Å². The minimum atomic E-state index is -3.02. The smallest absolute Gasteiger partial charge is 0.255 e. The number of carbonyl (C=O) groups is 1. The lowest BCUT2D eigenvalue weighted by Crippen LogP contribution is -2.49. The first-order chi connectivity index (χ1) is 10.9. The lowest BCUT2D eigenvalue weighted by atomic mass is 10.0. The van der Waals surface area contributed by atoms with Gasteiger partial charge in [-0.15, -0.1) is 11.8 Å². The number of hydrogen-bond acceptors (Lipinski definition) is 4. The second-order valence-corrected chi connectivity index (χ2v) is 10.1. The minimum Gasteiger partial charge on any atom is -0.333 e. The molecule has 1 aromatic rings. The molecule has 2 heterocycles. The summed E-state index contributed by atoms with van der Waals surface area (Å²) in [5.74, 6) is 0.994. The summed E-state index contributed by atoms with van der Waals surface area (Å²) in [4.78, 5) is 16.1. The molecule has 2 aliphatic heterocycles. The van der Waals surface area contributed by atoms with Crippen LogP contribution in [0.3, 0.4) is 0 Å². The highest BCUT2D eigenvalue weighted by Gasteiger charge is 2.46. The summed E-state index contributed by atoms with van der Waals surface area (Å²) >= 11 is 1.68. The molecule has 3 rings (SSSR count). The molecule has 126 valence electrons. The summed E-state index contributed by atoms with van der Waals surface area (Å²) in [6.07, 6.45) is 4.34. The zero-order chi connectivity index (χ0) is 16.6. The van der Waals surface area contributed by atoms with Gasteiger partial charge in [0.25, 0.3) is 5.91 Å². The summed E-state index contributed by atoms with van der Waals surface area (Å²) in [6, 6.07) is 7.88. The van der Waals surface area contributed by atoms with Gasteiger partial charge in [-0.3, -0.25) is 4.79 Å². The third-order valence-electron chi connectivity index (χ3n) is 4.95. The number of carbonyl (C=O) groups excluding carboxylic acids is 1. The summed E-state index contributed by atoms with van der Waals surface area (Å²) in [5, 5.41) is -0.288. The number of piperidine rings is 1. The average molecular weight is 354 g/mol. The molecule has 1 amide bonds. The van der Waals surface area contributed by atoms with E-state index in [0.29, 0.717) is 12.8 Å². The van der Waals surface area contributed by atoms with Crippen LogP contribution in [0.5, 0.6) is 0 Å². The second-order valence-electron chi connectivity index (χ2n) is 6.45. The van der Waals surface area contributed by atoms with Crippen molar-refractivity contribution >= 4 is 27.5 Å². The molecule has 6 heteroatoms. The Hall–Kier alpha value is -1.01. The van der Waals surface area contributed by atoms with Gasteiger partial charge in [0, 0.05) is 23.2 Å². The Morgan fingerprint density at radius 2 is 1.83 bits per heavy atom. The van der Waals surface area contributed by atoms with Gasteiger partial charge in [-0.1, -0.05) is 19.1 Å². The fraction of sp³-hybridized carbons (Fsp3) is 0.588. The van der Waals surface area contributed by atoms with Crippen LogP contribution in [-0.2, 0) is 9.84 Å². The molecule has 2 fully saturated rings. The molecule has 0 aliphatic carbocycles. The maximum atomic E-state index is 13.1. The van der Waals surface area contributed by atoms with Gasteiger partial charge in [0.05, 0.1) is 10.8 Å². The Kier molecular flexibility index (Phi) is 4.74. The predicted molar refractivity (Wildman–Crippen MR) is 93.7 cm³/mol. The zero-order valence-electron chi connectivity index (χ0n) is 13.6. The van der Waals surface area contributed by atoms with Crippen molar-refractivity contribution in [2.24, 2.45) is 0 Å². The van der Waals surface area contributed by atoms with Crippen molar-refractivity contribution < 1.29 is 13.2 Å². The SMILES string of the molecule is CCSc1ccccc1C(=O)N1C2CCC1CC(S(C)(=O)=O)C2. The molecule has 2 aliphatic rings. The van der Waals surface area contributed by atoms with Gasteiger partial charge in [-0.25, -0.2) is 8.42 Å². The van der Waals surface area contributed by atoms with Crippen LogP contribution < -0.4 is 0 Å². The standard InChI is InChI=1S/C17H23NO3S2/c1-3-22-16-7-5-4-6-15(16)17(19)18-12-8-9-13(18)11-14(10-12)23(2,20)21/h4-7,12-14H,3,8-11H2,1-2H3. The Morgan fingerprint density at radius 1 is 1.22 bits per heavy atom. The van der Waals surface area contributed by atoms with E-state index in [2.05, 4.69) is 6.92 Å². The van der Waals surface area contributed by atoms with Crippen LogP contribution in [0.4, 0.5) is 0 Å². The summed E-state index contributed by atoms with van der Waals surface area (Å²) < 4.78 is 23.8. The van der Waals surface area contributed by atoms with Crippen LogP contribution in [0.25, 0.3) is 0 Å². The molecule has 0 saturated carbocycles. The molecule has 2 bridgehead atoms. The molecule has 0 spiro atoms. The molecule has 0 aromatic heterocycles. The number of rotatable bonds is 4. The van der Waals surface area contributed by atoms with E-state index in [0.717, 1.165) is 29.1 Å². The largest absolute Gasteiger partial charge is 0.333 e. The van der Waals surface area contributed by atoms with E-state index in [-0.39, 0.29) is 23.2 Å². The summed E-state index contributed by atoms with van der Waals surface area (Å²) in [5.41, 5.74) is 0.758. The van der Waals surface area contributed by atoms with Gasteiger partial charge in [0.15, 0.2) is 0 Å². The molecule has 2 saturated heterocycles. The Morgan fingerprint density at radius 3 is 2.39 bits per heavy atom. The lowest BCUT2D eigenvalue weighted by Gasteiger charge is -2.38. The Bertz CT molecular complexity index is 688. The minimum absolute atomic E-state index is 0.0701. The first-order valence-electron chi connectivity index (χ1n) is 8.15. The fourth-order valence-electron chi connectivity index (χ4n) is 3.87. The first kappa shape index (κ1) is 16.8. The third-order valence-corrected chi connectivity index (χ3v) is 7.50. The number of amides is 1. The predicted octanol–water partition coefficient (Wildman–Crippen LogP) is 2.98. The van der Waals surface area contributed by atoms with Gasteiger partial charge in [0.1, 0.15) is 9.84 Å². The lowest BCUT2D eigenvalue weighted by molar-refractivity contribution is 0.0595. The highest BCUT2D eigenvalue weighted by atomic mass is 32.2. The topological polar surface area (TPSA) is 54.5 Å². The normalized spacial score (nSPS) is 27.2. The fourth-order valence-corrected chi connectivity index (χ4v) is 5.81. The van der Waals surface area contributed by atoms with Gasteiger partial charge >= 0.3 is 0 Å².